The molecule has 0 bridgehead atoms. The van der Waals surface area contributed by atoms with Gasteiger partial charge in [0.2, 0.25) is 0 Å². The summed E-state index contributed by atoms with van der Waals surface area (Å²) in [6.45, 7) is 3.35. The average Bonchev–Trinajstić information content (AvgIpc) is 3.16. The van der Waals surface area contributed by atoms with Gasteiger partial charge in [-0.3, -0.25) is 4.99 Å². The summed E-state index contributed by atoms with van der Waals surface area (Å²) in [5.74, 6) is 1.86. The van der Waals surface area contributed by atoms with Gasteiger partial charge in [0.1, 0.15) is 0 Å². The molecule has 0 amide bonds. The molecule has 3 rings (SSSR count). The second kappa shape index (κ2) is 6.48. The highest BCUT2D eigenvalue weighted by molar-refractivity contribution is 7.14. The van der Waals surface area contributed by atoms with E-state index in [1.807, 2.05) is 18.4 Å². The quantitative estimate of drug-likeness (QED) is 0.661. The highest BCUT2D eigenvalue weighted by Crippen LogP contribution is 2.27. The second-order valence-corrected chi connectivity index (χ2v) is 6.68. The van der Waals surface area contributed by atoms with Gasteiger partial charge in [0.25, 0.3) is 0 Å². The molecule has 1 aliphatic heterocycles. The molecule has 0 atom stereocenters. The third kappa shape index (κ3) is 3.66. The van der Waals surface area contributed by atoms with E-state index in [2.05, 4.69) is 38.0 Å². The molecule has 1 saturated heterocycles. The number of rotatable bonds is 4. The number of hydrogen-bond acceptors (Lipinski definition) is 3. The minimum atomic E-state index is 0.552. The van der Waals surface area contributed by atoms with Gasteiger partial charge in [0.15, 0.2) is 5.96 Å². The molecule has 0 spiro atoms. The van der Waals surface area contributed by atoms with E-state index < -0.39 is 0 Å². The van der Waals surface area contributed by atoms with Crippen molar-refractivity contribution in [2.75, 3.05) is 31.6 Å². The normalized spacial score (nSPS) is 21.1. The molecule has 2 N–H and O–H groups in total. The number of anilines is 1. The Morgan fingerprint density at radius 3 is 2.75 bits per heavy atom. The molecule has 0 unspecified atom stereocenters. The molecule has 1 aromatic heterocycles. The molecule has 2 aliphatic rings. The Hall–Kier alpha value is -1.23. The van der Waals surface area contributed by atoms with Crippen molar-refractivity contribution in [1.29, 1.82) is 0 Å². The van der Waals surface area contributed by atoms with Gasteiger partial charge < -0.3 is 15.5 Å². The zero-order valence-corrected chi connectivity index (χ0v) is 13.0. The summed E-state index contributed by atoms with van der Waals surface area (Å²) in [6.07, 6.45) is 5.12. The topological polar surface area (TPSA) is 39.7 Å². The van der Waals surface area contributed by atoms with Gasteiger partial charge in [-0.2, -0.15) is 0 Å². The lowest BCUT2D eigenvalue weighted by molar-refractivity contribution is 0.462. The summed E-state index contributed by atoms with van der Waals surface area (Å²) < 4.78 is 0. The smallest absolute Gasteiger partial charge is 0.191 e. The Morgan fingerprint density at radius 2 is 2.15 bits per heavy atom. The lowest BCUT2D eigenvalue weighted by atomic mass is 10.1. The van der Waals surface area contributed by atoms with Crippen LogP contribution in [0.3, 0.4) is 0 Å². The van der Waals surface area contributed by atoms with E-state index in [-0.39, 0.29) is 0 Å². The number of aliphatic imine (C=N–C) groups is 1. The highest BCUT2D eigenvalue weighted by atomic mass is 32.1. The number of nitrogens with one attached hydrogen (secondary N) is 2. The standard InChI is InChI=1S/C15H24N4S/c1-16-15(17-11-12-4-5-12)18-13-6-8-19(9-7-13)14-3-2-10-20-14/h2-3,10,12-13H,4-9,11H2,1H3,(H2,16,17,18). The maximum atomic E-state index is 4.33. The summed E-state index contributed by atoms with van der Waals surface area (Å²) in [7, 11) is 1.86. The van der Waals surface area contributed by atoms with E-state index in [4.69, 9.17) is 0 Å². The largest absolute Gasteiger partial charge is 0.363 e. The first-order valence-corrected chi connectivity index (χ1v) is 8.49. The molecule has 2 fully saturated rings. The molecule has 20 heavy (non-hydrogen) atoms. The molecule has 1 aromatic rings. The van der Waals surface area contributed by atoms with Gasteiger partial charge in [0, 0.05) is 32.7 Å². The van der Waals surface area contributed by atoms with E-state index in [0.717, 1.165) is 31.5 Å². The van der Waals surface area contributed by atoms with Crippen LogP contribution in [0.15, 0.2) is 22.5 Å². The molecular weight excluding hydrogens is 268 g/mol. The zero-order valence-electron chi connectivity index (χ0n) is 12.1. The number of piperidine rings is 1. The van der Waals surface area contributed by atoms with E-state index in [0.29, 0.717) is 6.04 Å². The fourth-order valence-electron chi connectivity index (χ4n) is 2.65. The summed E-state index contributed by atoms with van der Waals surface area (Å²) in [4.78, 5) is 6.82. The Morgan fingerprint density at radius 1 is 1.35 bits per heavy atom. The van der Waals surface area contributed by atoms with Gasteiger partial charge in [0.05, 0.1) is 5.00 Å². The monoisotopic (exact) mass is 292 g/mol. The molecule has 4 nitrogen and oxygen atoms in total. The van der Waals surface area contributed by atoms with Crippen LogP contribution in [-0.2, 0) is 0 Å². The van der Waals surface area contributed by atoms with Gasteiger partial charge in [-0.15, -0.1) is 11.3 Å². The van der Waals surface area contributed by atoms with E-state index in [1.165, 1.54) is 30.7 Å². The first-order chi connectivity index (χ1) is 9.85. The van der Waals surface area contributed by atoms with Gasteiger partial charge in [-0.1, -0.05) is 0 Å². The summed E-state index contributed by atoms with van der Waals surface area (Å²) in [5, 5.41) is 10.6. The van der Waals surface area contributed by atoms with Crippen molar-refractivity contribution < 1.29 is 0 Å². The Labute approximate surface area is 125 Å². The van der Waals surface area contributed by atoms with Gasteiger partial charge in [-0.05, 0) is 49.1 Å². The fourth-order valence-corrected chi connectivity index (χ4v) is 3.43. The fraction of sp³-hybridized carbons (Fsp3) is 0.667. The third-order valence-electron chi connectivity index (χ3n) is 4.13. The predicted molar refractivity (Wildman–Crippen MR) is 86.8 cm³/mol. The van der Waals surface area contributed by atoms with Crippen LogP contribution in [0, 0.1) is 5.92 Å². The van der Waals surface area contributed by atoms with E-state index in [1.54, 1.807) is 0 Å². The maximum Gasteiger partial charge on any atom is 0.191 e. The van der Waals surface area contributed by atoms with Crippen LogP contribution in [0.4, 0.5) is 5.00 Å². The average molecular weight is 292 g/mol. The zero-order chi connectivity index (χ0) is 13.8. The lowest BCUT2D eigenvalue weighted by Crippen LogP contribution is -2.49. The lowest BCUT2D eigenvalue weighted by Gasteiger charge is -2.33. The molecule has 1 saturated carbocycles. The maximum absolute atomic E-state index is 4.33. The summed E-state index contributed by atoms with van der Waals surface area (Å²) in [6, 6.07) is 4.90. The van der Waals surface area contributed by atoms with Crippen LogP contribution in [0.1, 0.15) is 25.7 Å². The number of thiophene rings is 1. The van der Waals surface area contributed by atoms with Crippen molar-refractivity contribution >= 4 is 22.3 Å². The highest BCUT2D eigenvalue weighted by Gasteiger charge is 2.23. The SMILES string of the molecule is CN=C(NCC1CC1)NC1CCN(c2cccs2)CC1. The van der Waals surface area contributed by atoms with Crippen LogP contribution >= 0.6 is 11.3 Å². The predicted octanol–water partition coefficient (Wildman–Crippen LogP) is 2.29. The second-order valence-electron chi connectivity index (χ2n) is 5.75. The number of hydrogen-bond donors (Lipinski definition) is 2. The van der Waals surface area contributed by atoms with Crippen LogP contribution in [-0.4, -0.2) is 38.7 Å². The van der Waals surface area contributed by atoms with Crippen molar-refractivity contribution in [3.8, 4) is 0 Å². The van der Waals surface area contributed by atoms with Crippen LogP contribution < -0.4 is 15.5 Å². The molecular formula is C15H24N4S. The Kier molecular flexibility index (Phi) is 4.45. The van der Waals surface area contributed by atoms with Gasteiger partial charge >= 0.3 is 0 Å². The van der Waals surface area contributed by atoms with Crippen molar-refractivity contribution in [2.45, 2.75) is 31.7 Å². The minimum absolute atomic E-state index is 0.552. The molecule has 1 aliphatic carbocycles. The molecule has 5 heteroatoms. The van der Waals surface area contributed by atoms with Crippen molar-refractivity contribution in [1.82, 2.24) is 10.6 Å². The van der Waals surface area contributed by atoms with Crippen LogP contribution in [0.5, 0.6) is 0 Å². The van der Waals surface area contributed by atoms with Crippen molar-refractivity contribution in [3.05, 3.63) is 17.5 Å². The van der Waals surface area contributed by atoms with Gasteiger partial charge in [-0.25, -0.2) is 0 Å². The van der Waals surface area contributed by atoms with E-state index >= 15 is 0 Å². The minimum Gasteiger partial charge on any atom is -0.363 e. The first-order valence-electron chi connectivity index (χ1n) is 7.61. The van der Waals surface area contributed by atoms with E-state index in [9.17, 15) is 0 Å². The molecule has 2 heterocycles. The van der Waals surface area contributed by atoms with Crippen LogP contribution in [0.25, 0.3) is 0 Å². The number of nitrogens with zero attached hydrogens (tertiary/aromatic N) is 2. The Bertz CT molecular complexity index is 431. The molecule has 0 aromatic carbocycles. The summed E-state index contributed by atoms with van der Waals surface area (Å²) in [5.41, 5.74) is 0. The number of guanidine groups is 1. The Balaban J connectivity index is 1.42. The van der Waals surface area contributed by atoms with Crippen molar-refractivity contribution in [3.63, 3.8) is 0 Å². The van der Waals surface area contributed by atoms with Crippen molar-refractivity contribution in [2.24, 2.45) is 10.9 Å². The van der Waals surface area contributed by atoms with Crippen LogP contribution in [0.2, 0.25) is 0 Å². The first kappa shape index (κ1) is 13.7. The molecule has 0 radical (unpaired) electrons. The summed E-state index contributed by atoms with van der Waals surface area (Å²) >= 11 is 1.84. The molecule has 110 valence electrons. The third-order valence-corrected chi connectivity index (χ3v) is 5.06.